The molecule has 0 aromatic carbocycles. The summed E-state index contributed by atoms with van der Waals surface area (Å²) in [7, 11) is 2.29. The number of quaternary nitrogens is 1. The van der Waals surface area contributed by atoms with Gasteiger partial charge in [0.15, 0.2) is 0 Å². The zero-order chi connectivity index (χ0) is 6.62. The van der Waals surface area contributed by atoms with Gasteiger partial charge in [-0.25, -0.2) is 0 Å². The highest BCUT2D eigenvalue weighted by atomic mass is 31.0. The van der Waals surface area contributed by atoms with Crippen LogP contribution in [0.5, 0.6) is 0 Å². The Morgan fingerprint density at radius 3 is 2.12 bits per heavy atom. The molecule has 2 nitrogen and oxygen atoms in total. The number of rotatable bonds is 3. The molecular weight excluding hydrogens is 121 g/mol. The molecule has 0 aliphatic carbocycles. The van der Waals surface area contributed by atoms with Crippen LogP contribution in [0.25, 0.3) is 0 Å². The molecule has 50 valence electrons. The molecule has 0 saturated heterocycles. The fourth-order valence-corrected chi connectivity index (χ4v) is 0.795. The van der Waals surface area contributed by atoms with Crippen LogP contribution >= 0.6 is 9.39 Å². The van der Waals surface area contributed by atoms with Gasteiger partial charge >= 0.3 is 0 Å². The van der Waals surface area contributed by atoms with Gasteiger partial charge in [0, 0.05) is 0 Å². The Morgan fingerprint density at radius 1 is 1.50 bits per heavy atom. The van der Waals surface area contributed by atoms with Gasteiger partial charge in [-0.1, -0.05) is 6.92 Å². The third kappa shape index (κ3) is 3.36. The van der Waals surface area contributed by atoms with E-state index in [1.807, 2.05) is 13.8 Å². The molecular formula is C5H14NOP. The van der Waals surface area contributed by atoms with Gasteiger partial charge in [0.2, 0.25) is 0 Å². The van der Waals surface area contributed by atoms with Crippen molar-refractivity contribution in [3.8, 4) is 0 Å². The molecule has 0 saturated carbocycles. The van der Waals surface area contributed by atoms with E-state index in [1.54, 1.807) is 0 Å². The quantitative estimate of drug-likeness (QED) is 0.425. The molecule has 0 aliphatic heterocycles. The summed E-state index contributed by atoms with van der Waals surface area (Å²) in [6, 6.07) is 0. The minimum Gasteiger partial charge on any atom is -0.632 e. The molecule has 0 heterocycles. The number of hydrogen-bond acceptors (Lipinski definition) is 1. The lowest BCUT2D eigenvalue weighted by atomic mass is 10.5. The highest BCUT2D eigenvalue weighted by Crippen LogP contribution is 2.11. The molecule has 2 unspecified atom stereocenters. The van der Waals surface area contributed by atoms with Crippen LogP contribution in [0.15, 0.2) is 0 Å². The van der Waals surface area contributed by atoms with Crippen LogP contribution in [0.4, 0.5) is 0 Å². The summed E-state index contributed by atoms with van der Waals surface area (Å²) < 4.78 is -0.170. The SMILES string of the molecule is CCC[N+]([O-])(P)CC. The highest BCUT2D eigenvalue weighted by Gasteiger charge is 2.02. The first-order valence-corrected chi connectivity index (χ1v) is 3.50. The van der Waals surface area contributed by atoms with Gasteiger partial charge < -0.3 is 9.62 Å². The molecule has 0 aromatic rings. The van der Waals surface area contributed by atoms with Crippen molar-refractivity contribution in [3.63, 3.8) is 0 Å². The standard InChI is InChI=1S/C5H14NOP/c1-3-5-6(7,8)4-2/h3-5,8H2,1-2H3. The van der Waals surface area contributed by atoms with Crippen molar-refractivity contribution >= 4 is 9.39 Å². The Kier molecular flexibility index (Phi) is 3.54. The van der Waals surface area contributed by atoms with Gasteiger partial charge in [-0.05, 0) is 13.3 Å². The lowest BCUT2D eigenvalue weighted by Gasteiger charge is -2.36. The van der Waals surface area contributed by atoms with E-state index >= 15 is 0 Å². The second kappa shape index (κ2) is 3.39. The third-order valence-corrected chi connectivity index (χ3v) is 1.76. The van der Waals surface area contributed by atoms with Crippen LogP contribution in [0, 0.1) is 5.21 Å². The van der Waals surface area contributed by atoms with Gasteiger partial charge in [0.25, 0.3) is 0 Å². The molecule has 3 heteroatoms. The minimum absolute atomic E-state index is 0.170. The first-order valence-electron chi connectivity index (χ1n) is 2.99. The molecule has 0 fully saturated rings. The number of nitrogens with zero attached hydrogens (tertiary/aromatic N) is 1. The van der Waals surface area contributed by atoms with Crippen molar-refractivity contribution < 1.29 is 4.42 Å². The third-order valence-electron chi connectivity index (χ3n) is 1.14. The van der Waals surface area contributed by atoms with Gasteiger partial charge in [0.05, 0.1) is 22.5 Å². The zero-order valence-electron chi connectivity index (χ0n) is 5.55. The van der Waals surface area contributed by atoms with E-state index in [4.69, 9.17) is 0 Å². The van der Waals surface area contributed by atoms with E-state index in [0.717, 1.165) is 6.42 Å². The molecule has 0 aromatic heterocycles. The number of hydrogen-bond donors (Lipinski definition) is 0. The van der Waals surface area contributed by atoms with Crippen LogP contribution in [0.2, 0.25) is 0 Å². The monoisotopic (exact) mass is 135 g/mol. The lowest BCUT2D eigenvalue weighted by molar-refractivity contribution is -0.743. The molecule has 8 heavy (non-hydrogen) atoms. The van der Waals surface area contributed by atoms with Crippen LogP contribution < -0.4 is 0 Å². The molecule has 0 aliphatic rings. The topological polar surface area (TPSA) is 23.1 Å². The molecule has 0 amide bonds. The maximum absolute atomic E-state index is 11.0. The van der Waals surface area contributed by atoms with Crippen molar-refractivity contribution in [3.05, 3.63) is 5.21 Å². The summed E-state index contributed by atoms with van der Waals surface area (Å²) in [5.74, 6) is 0. The number of hydroxylamine groups is 2. The van der Waals surface area contributed by atoms with Gasteiger partial charge in [-0.15, -0.1) is 0 Å². The van der Waals surface area contributed by atoms with Crippen LogP contribution in [-0.4, -0.2) is 17.5 Å². The fraction of sp³-hybridized carbons (Fsp3) is 1.00. The minimum atomic E-state index is -0.170. The zero-order valence-corrected chi connectivity index (χ0v) is 6.71. The van der Waals surface area contributed by atoms with Crippen LogP contribution in [0.1, 0.15) is 20.3 Å². The first-order chi connectivity index (χ1) is 3.62. The van der Waals surface area contributed by atoms with E-state index in [0.29, 0.717) is 13.1 Å². The second-order valence-corrected chi connectivity index (χ2v) is 2.93. The summed E-state index contributed by atoms with van der Waals surface area (Å²) in [4.78, 5) is 0. The predicted octanol–water partition coefficient (Wildman–Crippen LogP) is 1.52. The molecule has 0 radical (unpaired) electrons. The van der Waals surface area contributed by atoms with E-state index < -0.39 is 0 Å². The maximum atomic E-state index is 11.0. The normalized spacial score (nSPS) is 18.0. The van der Waals surface area contributed by atoms with Crippen molar-refractivity contribution in [2.45, 2.75) is 20.3 Å². The predicted molar refractivity (Wildman–Crippen MR) is 39.0 cm³/mol. The first kappa shape index (κ1) is 8.35. The largest absolute Gasteiger partial charge is 0.632 e. The Bertz CT molecular complexity index is 65.4. The molecule has 0 spiro atoms. The molecule has 0 N–H and O–H groups in total. The van der Waals surface area contributed by atoms with E-state index in [2.05, 4.69) is 9.39 Å². The Hall–Kier alpha value is 0.350. The molecule has 2 atom stereocenters. The highest BCUT2D eigenvalue weighted by molar-refractivity contribution is 7.09. The summed E-state index contributed by atoms with van der Waals surface area (Å²) in [5, 5.41) is 11.0. The molecule has 0 rings (SSSR count). The van der Waals surface area contributed by atoms with Crippen molar-refractivity contribution in [1.29, 1.82) is 0 Å². The summed E-state index contributed by atoms with van der Waals surface area (Å²) in [5.41, 5.74) is 0. The fourth-order valence-electron chi connectivity index (χ4n) is 0.537. The maximum Gasteiger partial charge on any atom is 0.0788 e. The smallest absolute Gasteiger partial charge is 0.0788 e. The Morgan fingerprint density at radius 2 is 2.00 bits per heavy atom. The van der Waals surface area contributed by atoms with Crippen molar-refractivity contribution in [1.82, 2.24) is 0 Å². The van der Waals surface area contributed by atoms with Gasteiger partial charge in [-0.2, -0.15) is 0 Å². The van der Waals surface area contributed by atoms with E-state index in [-0.39, 0.29) is 4.42 Å². The van der Waals surface area contributed by atoms with E-state index in [1.165, 1.54) is 0 Å². The van der Waals surface area contributed by atoms with Crippen LogP contribution in [-0.2, 0) is 0 Å². The Labute approximate surface area is 53.3 Å². The van der Waals surface area contributed by atoms with Crippen molar-refractivity contribution in [2.75, 3.05) is 13.1 Å². The lowest BCUT2D eigenvalue weighted by Crippen LogP contribution is -2.30. The van der Waals surface area contributed by atoms with Gasteiger partial charge in [0.1, 0.15) is 0 Å². The summed E-state index contributed by atoms with van der Waals surface area (Å²) >= 11 is 0. The van der Waals surface area contributed by atoms with Crippen molar-refractivity contribution in [2.24, 2.45) is 0 Å². The average Bonchev–Trinajstić information content (AvgIpc) is 1.67. The second-order valence-electron chi connectivity index (χ2n) is 1.99. The average molecular weight is 135 g/mol. The summed E-state index contributed by atoms with van der Waals surface area (Å²) in [6.07, 6.45) is 0.959. The molecule has 0 bridgehead atoms. The Balaban J connectivity index is 3.37. The van der Waals surface area contributed by atoms with E-state index in [9.17, 15) is 5.21 Å². The van der Waals surface area contributed by atoms with Crippen LogP contribution in [0.3, 0.4) is 0 Å². The van der Waals surface area contributed by atoms with Gasteiger partial charge in [-0.3, -0.25) is 0 Å². The summed E-state index contributed by atoms with van der Waals surface area (Å²) in [6.45, 7) is 5.28.